The lowest BCUT2D eigenvalue weighted by atomic mass is 10.2. The van der Waals surface area contributed by atoms with E-state index in [0.29, 0.717) is 12.4 Å². The van der Waals surface area contributed by atoms with Gasteiger partial charge in [-0.15, -0.1) is 11.3 Å². The van der Waals surface area contributed by atoms with E-state index in [-0.39, 0.29) is 0 Å². The normalized spacial score (nSPS) is 15.8. The zero-order chi connectivity index (χ0) is 19.2. The zero-order valence-electron chi connectivity index (χ0n) is 16.0. The van der Waals surface area contributed by atoms with Gasteiger partial charge in [-0.3, -0.25) is 9.89 Å². The third kappa shape index (κ3) is 4.61. The Morgan fingerprint density at radius 3 is 2.68 bits per heavy atom. The van der Waals surface area contributed by atoms with Crippen LogP contribution < -0.4 is 5.32 Å². The molecule has 0 aliphatic carbocycles. The summed E-state index contributed by atoms with van der Waals surface area (Å²) in [7, 11) is 1.83. The van der Waals surface area contributed by atoms with E-state index in [4.69, 9.17) is 4.42 Å². The lowest BCUT2D eigenvalue weighted by molar-refractivity contribution is 0.173. The Labute approximate surface area is 169 Å². The minimum absolute atomic E-state index is 0.596. The summed E-state index contributed by atoms with van der Waals surface area (Å²) in [5.74, 6) is 1.56. The fraction of sp³-hybridized carbons (Fsp3) is 0.333. The first kappa shape index (κ1) is 18.7. The van der Waals surface area contributed by atoms with Gasteiger partial charge in [-0.05, 0) is 23.6 Å². The lowest BCUT2D eigenvalue weighted by Gasteiger charge is -2.36. The second-order valence-corrected chi connectivity index (χ2v) is 7.79. The first-order chi connectivity index (χ1) is 13.8. The molecule has 0 spiro atoms. The van der Waals surface area contributed by atoms with E-state index in [1.807, 2.05) is 48.7 Å². The molecule has 3 heterocycles. The van der Waals surface area contributed by atoms with Crippen molar-refractivity contribution in [1.29, 1.82) is 0 Å². The number of hydrogen-bond donors (Lipinski definition) is 1. The van der Waals surface area contributed by atoms with Crippen molar-refractivity contribution in [2.75, 3.05) is 33.2 Å². The number of hydrogen-bond acceptors (Lipinski definition) is 5. The topological polar surface area (TPSA) is 56.9 Å². The molecule has 1 aliphatic rings. The smallest absolute Gasteiger partial charge is 0.226 e. The molecule has 7 heteroatoms. The maximum atomic E-state index is 5.62. The van der Waals surface area contributed by atoms with Crippen LogP contribution in [0, 0.1) is 0 Å². The van der Waals surface area contributed by atoms with E-state index in [1.165, 1.54) is 4.88 Å². The Morgan fingerprint density at radius 2 is 1.96 bits per heavy atom. The van der Waals surface area contributed by atoms with Gasteiger partial charge >= 0.3 is 0 Å². The average molecular weight is 396 g/mol. The summed E-state index contributed by atoms with van der Waals surface area (Å²) in [6.07, 6.45) is 1.71. The van der Waals surface area contributed by atoms with Crippen molar-refractivity contribution < 1.29 is 4.42 Å². The van der Waals surface area contributed by atoms with Crippen LogP contribution in [0.3, 0.4) is 0 Å². The summed E-state index contributed by atoms with van der Waals surface area (Å²) in [6, 6.07) is 14.3. The van der Waals surface area contributed by atoms with Crippen LogP contribution in [0.25, 0.3) is 11.5 Å². The van der Waals surface area contributed by atoms with Crippen LogP contribution in [0.2, 0.25) is 0 Å². The molecule has 146 valence electrons. The zero-order valence-corrected chi connectivity index (χ0v) is 16.9. The SMILES string of the molecule is CN=C(NCc1coc(-c2ccccc2)n1)N1CCN(Cc2cccs2)CC1. The largest absolute Gasteiger partial charge is 0.444 e. The van der Waals surface area contributed by atoms with Crippen molar-refractivity contribution in [3.63, 3.8) is 0 Å². The number of benzene rings is 1. The quantitative estimate of drug-likeness (QED) is 0.531. The first-order valence-corrected chi connectivity index (χ1v) is 10.4. The van der Waals surface area contributed by atoms with Crippen molar-refractivity contribution in [3.8, 4) is 11.5 Å². The number of thiophene rings is 1. The van der Waals surface area contributed by atoms with Crippen LogP contribution in [-0.2, 0) is 13.1 Å². The van der Waals surface area contributed by atoms with Gasteiger partial charge in [-0.2, -0.15) is 0 Å². The van der Waals surface area contributed by atoms with E-state index in [1.54, 1.807) is 6.26 Å². The number of aromatic nitrogens is 1. The molecule has 0 bridgehead atoms. The molecular formula is C21H25N5OS. The highest BCUT2D eigenvalue weighted by Gasteiger charge is 2.20. The molecule has 1 N–H and O–H groups in total. The van der Waals surface area contributed by atoms with E-state index in [0.717, 1.165) is 49.9 Å². The summed E-state index contributed by atoms with van der Waals surface area (Å²) in [4.78, 5) is 15.3. The molecule has 28 heavy (non-hydrogen) atoms. The predicted molar refractivity (Wildman–Crippen MR) is 113 cm³/mol. The van der Waals surface area contributed by atoms with Crippen LogP contribution in [0.15, 0.2) is 63.5 Å². The van der Waals surface area contributed by atoms with E-state index >= 15 is 0 Å². The van der Waals surface area contributed by atoms with Crippen molar-refractivity contribution in [1.82, 2.24) is 20.1 Å². The Kier molecular flexibility index (Phi) is 6.04. The van der Waals surface area contributed by atoms with Gasteiger partial charge in [-0.1, -0.05) is 24.3 Å². The third-order valence-electron chi connectivity index (χ3n) is 4.84. The Hall–Kier alpha value is -2.64. The summed E-state index contributed by atoms with van der Waals surface area (Å²) in [5.41, 5.74) is 1.86. The summed E-state index contributed by atoms with van der Waals surface area (Å²) < 4.78 is 5.62. The average Bonchev–Trinajstić information content (AvgIpc) is 3.42. The van der Waals surface area contributed by atoms with Gasteiger partial charge in [-0.25, -0.2) is 4.98 Å². The maximum absolute atomic E-state index is 5.62. The van der Waals surface area contributed by atoms with E-state index in [2.05, 4.69) is 42.6 Å². The lowest BCUT2D eigenvalue weighted by Crippen LogP contribution is -2.52. The Balaban J connectivity index is 1.28. The van der Waals surface area contributed by atoms with Crippen LogP contribution in [-0.4, -0.2) is 54.0 Å². The summed E-state index contributed by atoms with van der Waals surface area (Å²) in [6.45, 7) is 5.66. The second kappa shape index (κ2) is 9.03. The maximum Gasteiger partial charge on any atom is 0.226 e. The molecule has 1 saturated heterocycles. The van der Waals surface area contributed by atoms with Crippen molar-refractivity contribution >= 4 is 17.3 Å². The molecule has 4 rings (SSSR count). The van der Waals surface area contributed by atoms with Gasteiger partial charge in [0.15, 0.2) is 5.96 Å². The summed E-state index contributed by atoms with van der Waals surface area (Å²) in [5, 5.41) is 5.56. The molecule has 0 amide bonds. The van der Waals surface area contributed by atoms with Gasteiger partial charge in [0.25, 0.3) is 0 Å². The Morgan fingerprint density at radius 1 is 1.14 bits per heavy atom. The molecular weight excluding hydrogens is 370 g/mol. The van der Waals surface area contributed by atoms with Crippen LogP contribution in [0.4, 0.5) is 0 Å². The summed E-state index contributed by atoms with van der Waals surface area (Å²) >= 11 is 1.83. The molecule has 0 unspecified atom stereocenters. The van der Waals surface area contributed by atoms with Crippen molar-refractivity contribution in [2.24, 2.45) is 4.99 Å². The second-order valence-electron chi connectivity index (χ2n) is 6.75. The van der Waals surface area contributed by atoms with Crippen LogP contribution in [0.1, 0.15) is 10.6 Å². The molecule has 1 aromatic carbocycles. The number of guanidine groups is 1. The van der Waals surface area contributed by atoms with Crippen LogP contribution >= 0.6 is 11.3 Å². The monoisotopic (exact) mass is 395 g/mol. The molecule has 6 nitrogen and oxygen atoms in total. The molecule has 0 radical (unpaired) electrons. The molecule has 1 aliphatic heterocycles. The number of piperazine rings is 1. The van der Waals surface area contributed by atoms with Crippen molar-refractivity contribution in [3.05, 3.63) is 64.7 Å². The van der Waals surface area contributed by atoms with E-state index in [9.17, 15) is 0 Å². The van der Waals surface area contributed by atoms with E-state index < -0.39 is 0 Å². The fourth-order valence-electron chi connectivity index (χ4n) is 3.34. The minimum atomic E-state index is 0.596. The van der Waals surface area contributed by atoms with Gasteiger partial charge in [0.05, 0.1) is 12.2 Å². The fourth-order valence-corrected chi connectivity index (χ4v) is 4.09. The highest BCUT2D eigenvalue weighted by molar-refractivity contribution is 7.09. The van der Waals surface area contributed by atoms with Gasteiger partial charge in [0.2, 0.25) is 5.89 Å². The first-order valence-electron chi connectivity index (χ1n) is 9.52. The minimum Gasteiger partial charge on any atom is -0.444 e. The van der Waals surface area contributed by atoms with Gasteiger partial charge < -0.3 is 14.6 Å². The predicted octanol–water partition coefficient (Wildman–Crippen LogP) is 3.30. The molecule has 1 fully saturated rings. The highest BCUT2D eigenvalue weighted by Crippen LogP contribution is 2.18. The molecule has 0 saturated carbocycles. The third-order valence-corrected chi connectivity index (χ3v) is 5.70. The number of aliphatic imine (C=N–C) groups is 1. The number of rotatable bonds is 5. The number of nitrogens with zero attached hydrogens (tertiary/aromatic N) is 4. The van der Waals surface area contributed by atoms with Gasteiger partial charge in [0.1, 0.15) is 6.26 Å². The van der Waals surface area contributed by atoms with Crippen LogP contribution in [0.5, 0.6) is 0 Å². The van der Waals surface area contributed by atoms with Gasteiger partial charge in [0, 0.05) is 50.2 Å². The standard InChI is InChI=1S/C21H25N5OS/c1-22-21(26-11-9-25(10-12-26)15-19-8-5-13-28-19)23-14-18-16-27-20(24-18)17-6-3-2-4-7-17/h2-8,13,16H,9-12,14-15H2,1H3,(H,22,23). The molecule has 2 aromatic heterocycles. The number of oxazole rings is 1. The Bertz CT molecular complexity index is 883. The number of nitrogens with one attached hydrogen (secondary N) is 1. The van der Waals surface area contributed by atoms with Crippen molar-refractivity contribution in [2.45, 2.75) is 13.1 Å². The highest BCUT2D eigenvalue weighted by atomic mass is 32.1. The molecule has 3 aromatic rings. The molecule has 0 atom stereocenters.